The summed E-state index contributed by atoms with van der Waals surface area (Å²) in [6.45, 7) is 8.69. The van der Waals surface area contributed by atoms with Gasteiger partial charge in [-0.1, -0.05) is 19.7 Å². The molecule has 114 valence electrons. The number of carboxylic acids is 3. The van der Waals surface area contributed by atoms with Gasteiger partial charge >= 0.3 is 34.7 Å². The third kappa shape index (κ3) is 156. The first kappa shape index (κ1) is 50.4. The summed E-state index contributed by atoms with van der Waals surface area (Å²) in [5, 5.41) is 27.4. The summed E-state index contributed by atoms with van der Waals surface area (Å²) >= 11 is 0. The molecule has 0 heterocycles. The SMILES string of the molecule is C=CC(=O)[O-].C=CC(=O)[O-].C=CC(=O)[O-].[Cl-].[Cl-].[Cl-].[Cr+3].[Cr+3]. The standard InChI is InChI=1S/3C3H4O2.3ClH.2Cr/c3*1-2-3(4)5;;;;;/h3*2H,1H2,(H,4,5);3*1H;;/q;;;;;;2*+3/p-6. The molecule has 0 amide bonds. The fourth-order valence-corrected chi connectivity index (χ4v) is 0. The van der Waals surface area contributed by atoms with Crippen molar-refractivity contribution in [1.29, 1.82) is 0 Å². The molecular formula is C9H9Cl3Cr2O6. The number of aliphatic carboxylic acids is 3. The van der Waals surface area contributed by atoms with Crippen molar-refractivity contribution in [2.75, 3.05) is 0 Å². The molecule has 0 bridgehead atoms. The maximum Gasteiger partial charge on any atom is 3.00 e. The number of carbonyl (C=O) groups excluding carboxylic acids is 3. The van der Waals surface area contributed by atoms with Crippen molar-refractivity contribution in [3.8, 4) is 0 Å². The molecule has 0 N–H and O–H groups in total. The van der Waals surface area contributed by atoms with Gasteiger partial charge in [-0.2, -0.15) is 0 Å². The van der Waals surface area contributed by atoms with E-state index in [1.807, 2.05) is 0 Å². The van der Waals surface area contributed by atoms with E-state index < -0.39 is 17.9 Å². The van der Waals surface area contributed by atoms with E-state index in [0.717, 1.165) is 18.2 Å². The van der Waals surface area contributed by atoms with Crippen LogP contribution in [-0.2, 0) is 49.1 Å². The summed E-state index contributed by atoms with van der Waals surface area (Å²) in [5.41, 5.74) is 0. The van der Waals surface area contributed by atoms with Crippen molar-refractivity contribution in [2.45, 2.75) is 0 Å². The van der Waals surface area contributed by atoms with Crippen molar-refractivity contribution < 1.29 is 102 Å². The molecule has 0 aromatic rings. The third-order valence-electron chi connectivity index (χ3n) is 0.500. The summed E-state index contributed by atoms with van der Waals surface area (Å²) in [5.74, 6) is -3.69. The van der Waals surface area contributed by atoms with E-state index >= 15 is 0 Å². The molecule has 11 heteroatoms. The van der Waals surface area contributed by atoms with Crippen LogP contribution < -0.4 is 52.5 Å². The quantitative estimate of drug-likeness (QED) is 0.416. The van der Waals surface area contributed by atoms with Crippen molar-refractivity contribution in [1.82, 2.24) is 0 Å². The van der Waals surface area contributed by atoms with E-state index in [0.29, 0.717) is 0 Å². The monoisotopic (exact) mass is 422 g/mol. The molecule has 0 aliphatic rings. The smallest absolute Gasteiger partial charge is 1.00 e. The van der Waals surface area contributed by atoms with Gasteiger partial charge < -0.3 is 66.9 Å². The zero-order chi connectivity index (χ0) is 12.9. The number of halogens is 3. The molecule has 0 rings (SSSR count). The van der Waals surface area contributed by atoms with Gasteiger partial charge in [0.05, 0.1) is 17.9 Å². The van der Waals surface area contributed by atoms with E-state index in [-0.39, 0.29) is 71.9 Å². The average molecular weight is 424 g/mol. The van der Waals surface area contributed by atoms with Crippen LogP contribution in [0, 0.1) is 0 Å². The minimum atomic E-state index is -1.23. The second kappa shape index (κ2) is 42.8. The van der Waals surface area contributed by atoms with Gasteiger partial charge in [0.1, 0.15) is 0 Å². The Kier molecular flexibility index (Phi) is 108. The molecule has 0 fully saturated rings. The van der Waals surface area contributed by atoms with Gasteiger partial charge in [-0.3, -0.25) is 0 Å². The van der Waals surface area contributed by atoms with Crippen LogP contribution in [0.4, 0.5) is 0 Å². The summed E-state index contributed by atoms with van der Waals surface area (Å²) < 4.78 is 0. The zero-order valence-corrected chi connectivity index (χ0v) is 14.6. The van der Waals surface area contributed by atoms with Gasteiger partial charge in [0, 0.05) is 0 Å². The Morgan fingerprint density at radius 2 is 0.650 bits per heavy atom. The first-order chi connectivity index (χ1) is 6.81. The Labute approximate surface area is 157 Å². The predicted molar refractivity (Wildman–Crippen MR) is 45.6 cm³/mol. The number of carboxylic acid groups (broad SMARTS) is 3. The number of rotatable bonds is 3. The Morgan fingerprint density at radius 3 is 0.650 bits per heavy atom. The molecule has 0 unspecified atom stereocenters. The summed E-state index contributed by atoms with van der Waals surface area (Å²) in [6.07, 6.45) is 2.17. The van der Waals surface area contributed by atoms with Crippen LogP contribution in [0.25, 0.3) is 0 Å². The van der Waals surface area contributed by atoms with E-state index in [1.54, 1.807) is 0 Å². The van der Waals surface area contributed by atoms with Crippen LogP contribution in [0.5, 0.6) is 0 Å². The van der Waals surface area contributed by atoms with Crippen LogP contribution in [0.3, 0.4) is 0 Å². The van der Waals surface area contributed by atoms with E-state index in [1.165, 1.54) is 0 Å². The van der Waals surface area contributed by atoms with Gasteiger partial charge in [-0.05, 0) is 18.2 Å². The van der Waals surface area contributed by atoms with Crippen LogP contribution in [0.2, 0.25) is 0 Å². The van der Waals surface area contributed by atoms with E-state index in [4.69, 9.17) is 29.7 Å². The molecule has 0 aromatic carbocycles. The molecule has 0 spiro atoms. The van der Waals surface area contributed by atoms with E-state index in [9.17, 15) is 0 Å². The molecule has 0 aliphatic carbocycles. The largest absolute Gasteiger partial charge is 3.00 e. The topological polar surface area (TPSA) is 120 Å². The van der Waals surface area contributed by atoms with Crippen LogP contribution in [0.15, 0.2) is 38.0 Å². The Balaban J connectivity index is -0.0000000160. The predicted octanol–water partition coefficient (Wildman–Crippen LogP) is -12.2. The Hall–Kier alpha value is -0.435. The minimum Gasteiger partial charge on any atom is -1.00 e. The summed E-state index contributed by atoms with van der Waals surface area (Å²) in [4.78, 5) is 27.4. The number of carbonyl (C=O) groups is 3. The first-order valence-corrected chi connectivity index (χ1v) is 3.32. The van der Waals surface area contributed by atoms with E-state index in [2.05, 4.69) is 19.7 Å². The van der Waals surface area contributed by atoms with Crippen molar-refractivity contribution >= 4 is 17.9 Å². The van der Waals surface area contributed by atoms with Gasteiger partial charge in [-0.25, -0.2) is 0 Å². The molecule has 0 saturated carbocycles. The van der Waals surface area contributed by atoms with Crippen molar-refractivity contribution in [2.24, 2.45) is 0 Å². The van der Waals surface area contributed by atoms with Crippen LogP contribution in [0.1, 0.15) is 0 Å². The number of hydrogen-bond acceptors (Lipinski definition) is 6. The Bertz CT molecular complexity index is 232. The van der Waals surface area contributed by atoms with Crippen LogP contribution >= 0.6 is 0 Å². The van der Waals surface area contributed by atoms with Crippen LogP contribution in [-0.4, -0.2) is 17.9 Å². The minimum absolute atomic E-state index is 0. The maximum atomic E-state index is 9.14. The second-order valence-electron chi connectivity index (χ2n) is 1.57. The normalized spacial score (nSPS) is 4.80. The van der Waals surface area contributed by atoms with Gasteiger partial charge in [0.2, 0.25) is 0 Å². The molecule has 0 atom stereocenters. The molecule has 6 nitrogen and oxygen atoms in total. The molecular weight excluding hydrogens is 414 g/mol. The van der Waals surface area contributed by atoms with Gasteiger partial charge in [-0.15, -0.1) is 0 Å². The molecule has 0 aliphatic heterocycles. The zero-order valence-electron chi connectivity index (χ0n) is 9.75. The molecule has 0 aromatic heterocycles. The Morgan fingerprint density at radius 1 is 0.600 bits per heavy atom. The fraction of sp³-hybridized carbons (Fsp3) is 0. The van der Waals surface area contributed by atoms with Gasteiger partial charge in [0.15, 0.2) is 0 Å². The summed E-state index contributed by atoms with van der Waals surface area (Å²) in [6, 6.07) is 0. The molecule has 2 radical (unpaired) electrons. The summed E-state index contributed by atoms with van der Waals surface area (Å²) in [7, 11) is 0. The van der Waals surface area contributed by atoms with Crippen molar-refractivity contribution in [3.63, 3.8) is 0 Å². The third-order valence-corrected chi connectivity index (χ3v) is 0.500. The average Bonchev–Trinajstić information content (AvgIpc) is 2.19. The molecule has 0 saturated heterocycles. The molecule has 20 heavy (non-hydrogen) atoms. The van der Waals surface area contributed by atoms with Gasteiger partial charge in [0.25, 0.3) is 0 Å². The fourth-order valence-electron chi connectivity index (χ4n) is 0. The maximum absolute atomic E-state index is 9.14. The number of hydrogen-bond donors (Lipinski definition) is 0. The first-order valence-electron chi connectivity index (χ1n) is 3.32. The van der Waals surface area contributed by atoms with Crippen molar-refractivity contribution in [3.05, 3.63) is 38.0 Å². The second-order valence-corrected chi connectivity index (χ2v) is 1.57.